The van der Waals surface area contributed by atoms with Crippen LogP contribution in [0.25, 0.3) is 5.57 Å². The van der Waals surface area contributed by atoms with E-state index >= 15 is 0 Å². The first-order chi connectivity index (χ1) is 6.13. The van der Waals surface area contributed by atoms with Crippen LogP contribution in [0.1, 0.15) is 12.5 Å². The van der Waals surface area contributed by atoms with Gasteiger partial charge in [0.1, 0.15) is 0 Å². The topological polar surface area (TPSA) is 37.3 Å². The van der Waals surface area contributed by atoms with Gasteiger partial charge in [0.05, 0.1) is 5.92 Å². The number of aliphatic carboxylic acids is 1. The van der Waals surface area contributed by atoms with Crippen LogP contribution in [0.15, 0.2) is 36.9 Å². The van der Waals surface area contributed by atoms with Crippen LogP contribution in [0.2, 0.25) is 0 Å². The maximum Gasteiger partial charge on any atom is 0.310 e. The SMILES string of the molecule is C=C(c1ccccc1)[C@H](C)C(=O)O. The molecule has 1 N–H and O–H groups in total. The molecule has 0 aromatic heterocycles. The molecule has 1 aromatic carbocycles. The first-order valence-corrected chi connectivity index (χ1v) is 4.10. The summed E-state index contributed by atoms with van der Waals surface area (Å²) in [4.78, 5) is 10.7. The van der Waals surface area contributed by atoms with Gasteiger partial charge in [0.25, 0.3) is 0 Å². The normalized spacial score (nSPS) is 12.1. The van der Waals surface area contributed by atoms with Crippen molar-refractivity contribution in [2.75, 3.05) is 0 Å². The summed E-state index contributed by atoms with van der Waals surface area (Å²) in [6.45, 7) is 5.40. The Balaban J connectivity index is 2.86. The van der Waals surface area contributed by atoms with E-state index < -0.39 is 11.9 Å². The van der Waals surface area contributed by atoms with E-state index in [1.54, 1.807) is 6.92 Å². The predicted octanol–water partition coefficient (Wildman–Crippen LogP) is 2.42. The van der Waals surface area contributed by atoms with Crippen molar-refractivity contribution < 1.29 is 9.90 Å². The van der Waals surface area contributed by atoms with Crippen molar-refractivity contribution in [1.82, 2.24) is 0 Å². The van der Waals surface area contributed by atoms with Crippen LogP contribution in [0, 0.1) is 5.92 Å². The fraction of sp³-hybridized carbons (Fsp3) is 0.182. The number of benzene rings is 1. The summed E-state index contributed by atoms with van der Waals surface area (Å²) in [7, 11) is 0. The molecule has 0 bridgehead atoms. The van der Waals surface area contributed by atoms with Gasteiger partial charge in [-0.05, 0) is 18.1 Å². The van der Waals surface area contributed by atoms with Crippen molar-refractivity contribution in [3.63, 3.8) is 0 Å². The lowest BCUT2D eigenvalue weighted by Crippen LogP contribution is -2.10. The van der Waals surface area contributed by atoms with Gasteiger partial charge in [0.2, 0.25) is 0 Å². The smallest absolute Gasteiger partial charge is 0.310 e. The molecule has 0 unspecified atom stereocenters. The van der Waals surface area contributed by atoms with Crippen LogP contribution in [-0.4, -0.2) is 11.1 Å². The van der Waals surface area contributed by atoms with Crippen LogP contribution in [-0.2, 0) is 4.79 Å². The summed E-state index contributed by atoms with van der Waals surface area (Å²) in [5.74, 6) is -1.36. The Morgan fingerprint density at radius 3 is 2.38 bits per heavy atom. The lowest BCUT2D eigenvalue weighted by atomic mass is 9.96. The average Bonchev–Trinajstić information content (AvgIpc) is 2.17. The first-order valence-electron chi connectivity index (χ1n) is 4.10. The molecular formula is C11H12O2. The molecule has 68 valence electrons. The molecular weight excluding hydrogens is 164 g/mol. The van der Waals surface area contributed by atoms with Crippen molar-refractivity contribution in [3.8, 4) is 0 Å². The highest BCUT2D eigenvalue weighted by Gasteiger charge is 2.15. The predicted molar refractivity (Wildman–Crippen MR) is 52.3 cm³/mol. The van der Waals surface area contributed by atoms with Gasteiger partial charge in [0.15, 0.2) is 0 Å². The molecule has 2 heteroatoms. The van der Waals surface area contributed by atoms with E-state index in [4.69, 9.17) is 5.11 Å². The highest BCUT2D eigenvalue weighted by atomic mass is 16.4. The fourth-order valence-electron chi connectivity index (χ4n) is 1.05. The third-order valence-electron chi connectivity index (χ3n) is 2.04. The zero-order chi connectivity index (χ0) is 9.84. The molecule has 0 amide bonds. The Kier molecular flexibility index (Phi) is 2.85. The zero-order valence-corrected chi connectivity index (χ0v) is 7.53. The second kappa shape index (κ2) is 3.90. The molecule has 0 heterocycles. The summed E-state index contributed by atoms with van der Waals surface area (Å²) in [5.41, 5.74) is 1.53. The Labute approximate surface area is 77.5 Å². The average molecular weight is 176 g/mol. The van der Waals surface area contributed by atoms with Crippen molar-refractivity contribution in [2.24, 2.45) is 5.92 Å². The highest BCUT2D eigenvalue weighted by Crippen LogP contribution is 2.20. The molecule has 1 atom stereocenters. The third kappa shape index (κ3) is 2.18. The second-order valence-electron chi connectivity index (χ2n) is 2.95. The Hall–Kier alpha value is -1.57. The van der Waals surface area contributed by atoms with Gasteiger partial charge < -0.3 is 5.11 Å². The lowest BCUT2D eigenvalue weighted by Gasteiger charge is -2.09. The van der Waals surface area contributed by atoms with Gasteiger partial charge in [0, 0.05) is 0 Å². The van der Waals surface area contributed by atoms with Crippen LogP contribution < -0.4 is 0 Å². The van der Waals surface area contributed by atoms with Crippen LogP contribution >= 0.6 is 0 Å². The Morgan fingerprint density at radius 1 is 1.38 bits per heavy atom. The minimum Gasteiger partial charge on any atom is -0.481 e. The number of carboxylic acids is 1. The fourth-order valence-corrected chi connectivity index (χ4v) is 1.05. The van der Waals surface area contributed by atoms with E-state index in [0.717, 1.165) is 5.56 Å². The largest absolute Gasteiger partial charge is 0.481 e. The number of carbonyl (C=O) groups is 1. The second-order valence-corrected chi connectivity index (χ2v) is 2.95. The summed E-state index contributed by atoms with van der Waals surface area (Å²) in [6, 6.07) is 9.36. The molecule has 0 saturated carbocycles. The molecule has 0 aliphatic heterocycles. The van der Waals surface area contributed by atoms with E-state index in [1.807, 2.05) is 30.3 Å². The molecule has 1 aromatic rings. The monoisotopic (exact) mass is 176 g/mol. The Morgan fingerprint density at radius 2 is 1.92 bits per heavy atom. The highest BCUT2D eigenvalue weighted by molar-refractivity contribution is 5.85. The van der Waals surface area contributed by atoms with Crippen molar-refractivity contribution >= 4 is 11.5 Å². The van der Waals surface area contributed by atoms with Gasteiger partial charge in [-0.15, -0.1) is 0 Å². The van der Waals surface area contributed by atoms with Gasteiger partial charge in [-0.25, -0.2) is 0 Å². The van der Waals surface area contributed by atoms with Crippen molar-refractivity contribution in [2.45, 2.75) is 6.92 Å². The summed E-state index contributed by atoms with van der Waals surface area (Å²) in [5, 5.41) is 8.75. The van der Waals surface area contributed by atoms with Crippen LogP contribution in [0.4, 0.5) is 0 Å². The van der Waals surface area contributed by atoms with Gasteiger partial charge in [-0.3, -0.25) is 4.79 Å². The Bertz CT molecular complexity index is 314. The third-order valence-corrected chi connectivity index (χ3v) is 2.04. The molecule has 0 radical (unpaired) electrons. The van der Waals surface area contributed by atoms with Crippen molar-refractivity contribution in [3.05, 3.63) is 42.5 Å². The van der Waals surface area contributed by atoms with Gasteiger partial charge in [-0.1, -0.05) is 36.9 Å². The van der Waals surface area contributed by atoms with E-state index in [2.05, 4.69) is 6.58 Å². The minimum absolute atomic E-state index is 0.526. The minimum atomic E-state index is -0.839. The molecule has 0 aliphatic carbocycles. The van der Waals surface area contributed by atoms with Crippen LogP contribution in [0.3, 0.4) is 0 Å². The zero-order valence-electron chi connectivity index (χ0n) is 7.53. The number of hydrogen-bond acceptors (Lipinski definition) is 1. The number of carboxylic acid groups (broad SMARTS) is 1. The molecule has 2 nitrogen and oxygen atoms in total. The van der Waals surface area contributed by atoms with Crippen molar-refractivity contribution in [1.29, 1.82) is 0 Å². The molecule has 0 saturated heterocycles. The molecule has 0 fully saturated rings. The van der Waals surface area contributed by atoms with E-state index in [9.17, 15) is 4.79 Å². The summed E-state index contributed by atoms with van der Waals surface area (Å²) >= 11 is 0. The molecule has 1 rings (SSSR count). The molecule has 0 aliphatic rings. The van der Waals surface area contributed by atoms with E-state index in [0.29, 0.717) is 5.57 Å². The van der Waals surface area contributed by atoms with Crippen LogP contribution in [0.5, 0.6) is 0 Å². The van der Waals surface area contributed by atoms with Gasteiger partial charge in [-0.2, -0.15) is 0 Å². The summed E-state index contributed by atoms with van der Waals surface area (Å²) in [6.07, 6.45) is 0. The van der Waals surface area contributed by atoms with E-state index in [-0.39, 0.29) is 0 Å². The lowest BCUT2D eigenvalue weighted by molar-refractivity contribution is -0.139. The maximum absolute atomic E-state index is 10.7. The summed E-state index contributed by atoms with van der Waals surface area (Å²) < 4.78 is 0. The van der Waals surface area contributed by atoms with Gasteiger partial charge >= 0.3 is 5.97 Å². The quantitative estimate of drug-likeness (QED) is 0.767. The number of hydrogen-bond donors (Lipinski definition) is 1. The molecule has 13 heavy (non-hydrogen) atoms. The molecule has 0 spiro atoms. The maximum atomic E-state index is 10.7. The first kappa shape index (κ1) is 9.52. The number of rotatable bonds is 3. The standard InChI is InChI=1S/C11H12O2/c1-8(9(2)11(12)13)10-6-4-3-5-7-10/h3-7,9H,1H2,2H3,(H,12,13)/t9-/m0/s1. The van der Waals surface area contributed by atoms with E-state index in [1.165, 1.54) is 0 Å².